The van der Waals surface area contributed by atoms with E-state index in [9.17, 15) is 9.59 Å². The first-order chi connectivity index (χ1) is 19.1. The average Bonchev–Trinajstić information content (AvgIpc) is 3.06. The van der Waals surface area contributed by atoms with Crippen LogP contribution in [0.2, 0.25) is 0 Å². The standard InChI is InChI=1S/C30H37N5O4S/c1-30(2,3)39-29(37)34(5)25(22-12-8-7-9-13-22)20-38-19-21-11-10-14-23(17-21)35-16-15-33(4)26-24(27(35)36)18-31-28(32-26)40-6/h7-14,17-18,25H,15-16,19-20H2,1-6H3. The van der Waals surface area contributed by atoms with Gasteiger partial charge in [-0.3, -0.25) is 4.79 Å². The molecule has 1 aliphatic rings. The smallest absolute Gasteiger partial charge is 0.410 e. The quantitative estimate of drug-likeness (QED) is 0.265. The largest absolute Gasteiger partial charge is 0.444 e. The molecule has 0 saturated carbocycles. The van der Waals surface area contributed by atoms with Crippen molar-refractivity contribution in [2.75, 3.05) is 49.8 Å². The van der Waals surface area contributed by atoms with Crippen LogP contribution in [0.25, 0.3) is 0 Å². The van der Waals surface area contributed by atoms with Crippen molar-refractivity contribution in [2.24, 2.45) is 0 Å². The molecule has 40 heavy (non-hydrogen) atoms. The van der Waals surface area contributed by atoms with Gasteiger partial charge in [0, 0.05) is 39.1 Å². The summed E-state index contributed by atoms with van der Waals surface area (Å²) < 4.78 is 11.7. The highest BCUT2D eigenvalue weighted by molar-refractivity contribution is 7.98. The second-order valence-electron chi connectivity index (χ2n) is 10.7. The molecule has 0 N–H and O–H groups in total. The van der Waals surface area contributed by atoms with Crippen molar-refractivity contribution in [3.05, 3.63) is 77.5 Å². The Labute approximate surface area is 240 Å². The Morgan fingerprint density at radius 1 is 1.12 bits per heavy atom. The number of fused-ring (bicyclic) bond motifs is 1. The summed E-state index contributed by atoms with van der Waals surface area (Å²) in [4.78, 5) is 40.6. The van der Waals surface area contributed by atoms with E-state index in [2.05, 4.69) is 9.97 Å². The number of hydrogen-bond acceptors (Lipinski definition) is 8. The Morgan fingerprint density at radius 3 is 2.58 bits per heavy atom. The van der Waals surface area contributed by atoms with E-state index in [1.54, 1.807) is 23.0 Å². The van der Waals surface area contributed by atoms with E-state index >= 15 is 0 Å². The van der Waals surface area contributed by atoms with Crippen LogP contribution in [0.15, 0.2) is 66.0 Å². The molecule has 9 nitrogen and oxygen atoms in total. The van der Waals surface area contributed by atoms with Gasteiger partial charge in [0.15, 0.2) is 5.16 Å². The van der Waals surface area contributed by atoms with Gasteiger partial charge in [0.05, 0.1) is 19.3 Å². The summed E-state index contributed by atoms with van der Waals surface area (Å²) >= 11 is 1.45. The van der Waals surface area contributed by atoms with Crippen LogP contribution in [-0.4, -0.2) is 72.5 Å². The zero-order valence-corrected chi connectivity index (χ0v) is 24.8. The molecule has 1 aromatic heterocycles. The first-order valence-electron chi connectivity index (χ1n) is 13.2. The van der Waals surface area contributed by atoms with Crippen LogP contribution in [0.3, 0.4) is 0 Å². The predicted octanol–water partition coefficient (Wildman–Crippen LogP) is 5.42. The van der Waals surface area contributed by atoms with E-state index in [0.29, 0.717) is 36.2 Å². The summed E-state index contributed by atoms with van der Waals surface area (Å²) in [6, 6.07) is 17.2. The Kier molecular flexibility index (Phi) is 9.32. The maximum Gasteiger partial charge on any atom is 0.410 e. The molecular weight excluding hydrogens is 526 g/mol. The molecule has 10 heteroatoms. The number of amides is 2. The molecule has 1 atom stereocenters. The number of carbonyl (C=O) groups excluding carboxylic acids is 2. The number of ether oxygens (including phenoxy) is 2. The molecule has 2 amide bonds. The number of nitrogens with zero attached hydrogens (tertiary/aromatic N) is 5. The third-order valence-corrected chi connectivity index (χ3v) is 7.09. The average molecular weight is 564 g/mol. The van der Waals surface area contributed by atoms with Gasteiger partial charge < -0.3 is 24.2 Å². The highest BCUT2D eigenvalue weighted by Gasteiger charge is 2.29. The fourth-order valence-electron chi connectivity index (χ4n) is 4.42. The van der Waals surface area contributed by atoms with E-state index in [4.69, 9.17) is 9.47 Å². The number of carbonyl (C=O) groups is 2. The molecule has 0 bridgehead atoms. The van der Waals surface area contributed by atoms with Crippen molar-refractivity contribution in [1.82, 2.24) is 14.9 Å². The number of benzene rings is 2. The van der Waals surface area contributed by atoms with Crippen LogP contribution in [0.1, 0.15) is 48.3 Å². The van der Waals surface area contributed by atoms with Gasteiger partial charge in [-0.15, -0.1) is 0 Å². The lowest BCUT2D eigenvalue weighted by Crippen LogP contribution is -2.38. The van der Waals surface area contributed by atoms with E-state index in [1.165, 1.54) is 11.8 Å². The summed E-state index contributed by atoms with van der Waals surface area (Å²) in [7, 11) is 3.66. The maximum atomic E-state index is 13.5. The lowest BCUT2D eigenvalue weighted by molar-refractivity contribution is 0.00570. The van der Waals surface area contributed by atoms with Gasteiger partial charge in [-0.05, 0) is 50.3 Å². The Hall–Kier alpha value is -3.63. The SMILES string of the molecule is CSc1ncc2c(n1)N(C)CCN(c1cccc(COCC(c3ccccc3)N(C)C(=O)OC(C)(C)C)c1)C2=O. The predicted molar refractivity (Wildman–Crippen MR) is 158 cm³/mol. The molecule has 0 fully saturated rings. The van der Waals surface area contributed by atoms with Gasteiger partial charge in [-0.2, -0.15) is 0 Å². The molecule has 0 aliphatic carbocycles. The molecule has 1 aliphatic heterocycles. The number of hydrogen-bond donors (Lipinski definition) is 0. The van der Waals surface area contributed by atoms with Gasteiger partial charge in [0.25, 0.3) is 5.91 Å². The Balaban J connectivity index is 1.48. The van der Waals surface area contributed by atoms with Gasteiger partial charge in [-0.25, -0.2) is 14.8 Å². The maximum absolute atomic E-state index is 13.5. The first-order valence-corrected chi connectivity index (χ1v) is 14.4. The van der Waals surface area contributed by atoms with Crippen LogP contribution in [0.5, 0.6) is 0 Å². The summed E-state index contributed by atoms with van der Waals surface area (Å²) in [6.07, 6.45) is 3.12. The number of rotatable bonds is 8. The monoisotopic (exact) mass is 563 g/mol. The molecule has 4 rings (SSSR count). The van der Waals surface area contributed by atoms with Crippen LogP contribution < -0.4 is 9.80 Å². The minimum absolute atomic E-state index is 0.131. The molecule has 0 spiro atoms. The number of aromatic nitrogens is 2. The van der Waals surface area contributed by atoms with Crippen LogP contribution in [0, 0.1) is 0 Å². The van der Waals surface area contributed by atoms with E-state index < -0.39 is 11.7 Å². The van der Waals surface area contributed by atoms with E-state index in [-0.39, 0.29) is 18.6 Å². The molecule has 0 saturated heterocycles. The second-order valence-corrected chi connectivity index (χ2v) is 11.4. The molecule has 2 aromatic carbocycles. The topological polar surface area (TPSA) is 88.1 Å². The van der Waals surface area contributed by atoms with Crippen LogP contribution in [-0.2, 0) is 16.1 Å². The molecule has 212 valence electrons. The third kappa shape index (κ3) is 7.11. The third-order valence-electron chi connectivity index (χ3n) is 6.53. The Bertz CT molecular complexity index is 1330. The fourth-order valence-corrected chi connectivity index (χ4v) is 4.75. The van der Waals surface area contributed by atoms with E-state index in [1.807, 2.05) is 93.6 Å². The lowest BCUT2D eigenvalue weighted by atomic mass is 10.1. The summed E-state index contributed by atoms with van der Waals surface area (Å²) in [5.41, 5.74) is 2.54. The zero-order chi connectivity index (χ0) is 28.9. The normalized spacial score (nSPS) is 14.4. The van der Waals surface area contributed by atoms with Gasteiger partial charge >= 0.3 is 6.09 Å². The van der Waals surface area contributed by atoms with Gasteiger partial charge in [-0.1, -0.05) is 54.2 Å². The van der Waals surface area contributed by atoms with Crippen molar-refractivity contribution < 1.29 is 19.1 Å². The minimum Gasteiger partial charge on any atom is -0.444 e. The molecule has 1 unspecified atom stereocenters. The number of likely N-dealkylation sites (N-methyl/N-ethyl adjacent to an activating group) is 2. The van der Waals surface area contributed by atoms with Crippen molar-refractivity contribution >= 4 is 35.3 Å². The molecular formula is C30H37N5O4S. The fraction of sp³-hybridized carbons (Fsp3) is 0.400. The highest BCUT2D eigenvalue weighted by atomic mass is 32.2. The second kappa shape index (κ2) is 12.7. The van der Waals surface area contributed by atoms with Crippen molar-refractivity contribution in [3.8, 4) is 0 Å². The number of thioether (sulfide) groups is 1. The minimum atomic E-state index is -0.600. The molecule has 0 radical (unpaired) electrons. The van der Waals surface area contributed by atoms with Crippen LogP contribution >= 0.6 is 11.8 Å². The van der Waals surface area contributed by atoms with Crippen molar-refractivity contribution in [2.45, 2.75) is 44.2 Å². The highest BCUT2D eigenvalue weighted by Crippen LogP contribution is 2.28. The van der Waals surface area contributed by atoms with Crippen molar-refractivity contribution in [3.63, 3.8) is 0 Å². The molecule has 2 heterocycles. The number of anilines is 2. The summed E-state index contributed by atoms with van der Waals surface area (Å²) in [5, 5.41) is 0.636. The lowest BCUT2D eigenvalue weighted by Gasteiger charge is -2.31. The van der Waals surface area contributed by atoms with Gasteiger partial charge in [0.1, 0.15) is 17.0 Å². The van der Waals surface area contributed by atoms with Crippen LogP contribution in [0.4, 0.5) is 16.3 Å². The summed E-state index contributed by atoms with van der Waals surface area (Å²) in [5.74, 6) is 0.514. The summed E-state index contributed by atoms with van der Waals surface area (Å²) in [6.45, 7) is 7.29. The zero-order valence-electron chi connectivity index (χ0n) is 24.0. The first kappa shape index (κ1) is 29.4. The Morgan fingerprint density at radius 2 is 1.88 bits per heavy atom. The van der Waals surface area contributed by atoms with Crippen molar-refractivity contribution in [1.29, 1.82) is 0 Å². The van der Waals surface area contributed by atoms with E-state index in [0.717, 1.165) is 16.8 Å². The molecule has 3 aromatic rings. The van der Waals surface area contributed by atoms with Gasteiger partial charge in [0.2, 0.25) is 0 Å².